The first-order chi connectivity index (χ1) is 9.06. The Hall–Kier alpha value is -1.55. The van der Waals surface area contributed by atoms with Crippen LogP contribution in [0.1, 0.15) is 32.3 Å². The van der Waals surface area contributed by atoms with Crippen LogP contribution in [-0.2, 0) is 16.0 Å². The number of benzene rings is 1. The van der Waals surface area contributed by atoms with Crippen molar-refractivity contribution in [3.63, 3.8) is 0 Å². The molecule has 19 heavy (non-hydrogen) atoms. The lowest BCUT2D eigenvalue weighted by atomic mass is 10.1. The summed E-state index contributed by atoms with van der Waals surface area (Å²) in [5.41, 5.74) is 8.72. The summed E-state index contributed by atoms with van der Waals surface area (Å²) in [6, 6.07) is 5.96. The minimum Gasteiger partial charge on any atom is -0.399 e. The number of rotatable bonds is 1. The second-order valence-electron chi connectivity index (χ2n) is 5.66. The van der Waals surface area contributed by atoms with Crippen molar-refractivity contribution in [3.05, 3.63) is 23.8 Å². The van der Waals surface area contributed by atoms with Gasteiger partial charge in [0.2, 0.25) is 0 Å². The van der Waals surface area contributed by atoms with Crippen molar-refractivity contribution in [2.24, 2.45) is 0 Å². The molecule has 2 aliphatic rings. The molecule has 2 N–H and O–H groups in total. The van der Waals surface area contributed by atoms with E-state index in [1.54, 1.807) is 0 Å². The van der Waals surface area contributed by atoms with Gasteiger partial charge in [0, 0.05) is 17.4 Å². The minimum absolute atomic E-state index is 0.0976. The van der Waals surface area contributed by atoms with Crippen LogP contribution >= 0.6 is 0 Å². The second kappa shape index (κ2) is 4.53. The fraction of sp³-hybridized carbons (Fsp3) is 0.533. The summed E-state index contributed by atoms with van der Waals surface area (Å²) in [6.07, 6.45) is 2.58. The highest BCUT2D eigenvalue weighted by atomic mass is 16.5. The van der Waals surface area contributed by atoms with E-state index in [0.29, 0.717) is 0 Å². The van der Waals surface area contributed by atoms with Gasteiger partial charge in [-0.3, -0.25) is 4.79 Å². The van der Waals surface area contributed by atoms with Gasteiger partial charge in [-0.15, -0.1) is 0 Å². The topological polar surface area (TPSA) is 55.6 Å². The molecule has 3 atom stereocenters. The zero-order valence-corrected chi connectivity index (χ0v) is 11.4. The number of carbonyl (C=O) groups excluding carboxylic acids is 1. The number of anilines is 2. The van der Waals surface area contributed by atoms with Crippen LogP contribution in [0.5, 0.6) is 0 Å². The summed E-state index contributed by atoms with van der Waals surface area (Å²) in [5.74, 6) is 0.0976. The largest absolute Gasteiger partial charge is 0.399 e. The highest BCUT2D eigenvalue weighted by molar-refractivity contribution is 5.99. The average Bonchev–Trinajstić information content (AvgIpc) is 2.91. The predicted molar refractivity (Wildman–Crippen MR) is 75.1 cm³/mol. The Balaban J connectivity index is 1.87. The third kappa shape index (κ3) is 2.10. The van der Waals surface area contributed by atoms with E-state index in [1.165, 1.54) is 0 Å². The van der Waals surface area contributed by atoms with Crippen molar-refractivity contribution in [1.82, 2.24) is 0 Å². The number of amides is 1. The van der Waals surface area contributed by atoms with Crippen LogP contribution in [0.4, 0.5) is 11.4 Å². The smallest absolute Gasteiger partial charge is 0.256 e. The number of hydrogen-bond acceptors (Lipinski definition) is 3. The molecule has 4 nitrogen and oxygen atoms in total. The molecule has 1 saturated heterocycles. The molecule has 1 fully saturated rings. The highest BCUT2D eigenvalue weighted by Crippen LogP contribution is 2.35. The number of fused-ring (bicyclic) bond motifs is 1. The molecule has 0 spiro atoms. The zero-order valence-electron chi connectivity index (χ0n) is 11.4. The van der Waals surface area contributed by atoms with E-state index in [-0.39, 0.29) is 24.2 Å². The van der Waals surface area contributed by atoms with E-state index >= 15 is 0 Å². The maximum atomic E-state index is 12.6. The number of ether oxygens (including phenoxy) is 1. The molecule has 1 aromatic rings. The zero-order chi connectivity index (χ0) is 13.6. The van der Waals surface area contributed by atoms with Crippen molar-refractivity contribution in [2.45, 2.75) is 51.4 Å². The Bertz CT molecular complexity index is 515. The lowest BCUT2D eigenvalue weighted by Crippen LogP contribution is -2.42. The average molecular weight is 260 g/mol. The molecular formula is C15H20N2O2. The van der Waals surface area contributed by atoms with Gasteiger partial charge in [-0.05, 0) is 56.9 Å². The standard InChI is InChI=1S/C15H20N2O2/c1-9-7-11-8-12(16)4-5-13(11)17(9)15(18)14-6-3-10(2)19-14/h4-5,8-10,14H,3,6-7,16H2,1-2H3. The van der Waals surface area contributed by atoms with Crippen LogP contribution in [0.3, 0.4) is 0 Å². The van der Waals surface area contributed by atoms with Gasteiger partial charge < -0.3 is 15.4 Å². The first-order valence-corrected chi connectivity index (χ1v) is 6.93. The maximum absolute atomic E-state index is 12.6. The molecule has 3 unspecified atom stereocenters. The molecule has 1 amide bonds. The predicted octanol–water partition coefficient (Wildman–Crippen LogP) is 2.11. The Kier molecular flexibility index (Phi) is 2.97. The van der Waals surface area contributed by atoms with Gasteiger partial charge in [-0.25, -0.2) is 0 Å². The van der Waals surface area contributed by atoms with Crippen molar-refractivity contribution < 1.29 is 9.53 Å². The van der Waals surface area contributed by atoms with E-state index < -0.39 is 0 Å². The Morgan fingerprint density at radius 3 is 2.84 bits per heavy atom. The van der Waals surface area contributed by atoms with Crippen LogP contribution < -0.4 is 10.6 Å². The number of carbonyl (C=O) groups is 1. The summed E-state index contributed by atoms with van der Waals surface area (Å²) >= 11 is 0. The quantitative estimate of drug-likeness (QED) is 0.787. The summed E-state index contributed by atoms with van der Waals surface area (Å²) in [6.45, 7) is 4.10. The summed E-state index contributed by atoms with van der Waals surface area (Å²) in [4.78, 5) is 14.5. The van der Waals surface area contributed by atoms with E-state index in [4.69, 9.17) is 10.5 Å². The molecule has 0 saturated carbocycles. The third-order valence-corrected chi connectivity index (χ3v) is 4.06. The second-order valence-corrected chi connectivity index (χ2v) is 5.66. The Labute approximate surface area is 113 Å². The minimum atomic E-state index is -0.277. The third-order valence-electron chi connectivity index (χ3n) is 4.06. The normalized spacial score (nSPS) is 29.6. The van der Waals surface area contributed by atoms with Crippen LogP contribution in [0.2, 0.25) is 0 Å². The van der Waals surface area contributed by atoms with Gasteiger partial charge in [-0.2, -0.15) is 0 Å². The van der Waals surface area contributed by atoms with E-state index in [2.05, 4.69) is 6.92 Å². The molecule has 2 heterocycles. The Morgan fingerprint density at radius 1 is 1.37 bits per heavy atom. The molecule has 3 rings (SSSR count). The van der Waals surface area contributed by atoms with Gasteiger partial charge >= 0.3 is 0 Å². The highest BCUT2D eigenvalue weighted by Gasteiger charge is 2.37. The van der Waals surface area contributed by atoms with Crippen molar-refractivity contribution in [3.8, 4) is 0 Å². The van der Waals surface area contributed by atoms with Gasteiger partial charge in [0.1, 0.15) is 6.10 Å². The van der Waals surface area contributed by atoms with Gasteiger partial charge in [0.15, 0.2) is 0 Å². The lowest BCUT2D eigenvalue weighted by molar-refractivity contribution is -0.129. The Morgan fingerprint density at radius 2 is 2.16 bits per heavy atom. The fourth-order valence-corrected chi connectivity index (χ4v) is 3.13. The van der Waals surface area contributed by atoms with Crippen LogP contribution in [-0.4, -0.2) is 24.2 Å². The van der Waals surface area contributed by atoms with Crippen LogP contribution in [0, 0.1) is 0 Å². The molecule has 4 heteroatoms. The number of nitrogens with two attached hydrogens (primary N) is 1. The molecule has 0 aromatic heterocycles. The first kappa shape index (κ1) is 12.5. The van der Waals surface area contributed by atoms with Crippen molar-refractivity contribution >= 4 is 17.3 Å². The van der Waals surface area contributed by atoms with Gasteiger partial charge in [0.05, 0.1) is 6.10 Å². The molecule has 0 bridgehead atoms. The molecule has 0 radical (unpaired) electrons. The summed E-state index contributed by atoms with van der Waals surface area (Å²) in [7, 11) is 0. The van der Waals surface area contributed by atoms with E-state index in [1.807, 2.05) is 30.0 Å². The van der Waals surface area contributed by atoms with E-state index in [0.717, 1.165) is 36.2 Å². The maximum Gasteiger partial charge on any atom is 0.256 e. The first-order valence-electron chi connectivity index (χ1n) is 6.93. The van der Waals surface area contributed by atoms with Crippen molar-refractivity contribution in [1.29, 1.82) is 0 Å². The fourth-order valence-electron chi connectivity index (χ4n) is 3.13. The monoisotopic (exact) mass is 260 g/mol. The summed E-state index contributed by atoms with van der Waals surface area (Å²) < 4.78 is 5.71. The molecule has 1 aromatic carbocycles. The molecule has 102 valence electrons. The SMILES string of the molecule is CC1CCC(C(=O)N2c3ccc(N)cc3CC2C)O1. The molecule has 0 aliphatic carbocycles. The van der Waals surface area contributed by atoms with E-state index in [9.17, 15) is 4.79 Å². The number of nitrogen functional groups attached to an aromatic ring is 1. The lowest BCUT2D eigenvalue weighted by Gasteiger charge is -2.25. The number of nitrogens with zero attached hydrogens (tertiary/aromatic N) is 1. The molecule has 2 aliphatic heterocycles. The van der Waals surface area contributed by atoms with Gasteiger partial charge in [-0.1, -0.05) is 0 Å². The van der Waals surface area contributed by atoms with Crippen molar-refractivity contribution in [2.75, 3.05) is 10.6 Å². The summed E-state index contributed by atoms with van der Waals surface area (Å²) in [5, 5.41) is 0. The number of hydrogen-bond donors (Lipinski definition) is 1. The van der Waals surface area contributed by atoms with Crippen LogP contribution in [0.15, 0.2) is 18.2 Å². The van der Waals surface area contributed by atoms with Gasteiger partial charge in [0.25, 0.3) is 5.91 Å². The molecular weight excluding hydrogens is 240 g/mol. The van der Waals surface area contributed by atoms with Crippen LogP contribution in [0.25, 0.3) is 0 Å².